The summed E-state index contributed by atoms with van der Waals surface area (Å²) in [7, 11) is 0. The summed E-state index contributed by atoms with van der Waals surface area (Å²) >= 11 is 1.80. The average molecular weight is 212 g/mol. The SMILES string of the molecule is CCCSCc1nc(C)c(C)c(=O)[nH]1. The standard InChI is InChI=1S/C10H16N2OS/c1-4-5-14-6-9-11-8(3)7(2)10(13)12-9/h4-6H2,1-3H3,(H,11,12,13). The first-order chi connectivity index (χ1) is 6.65. The van der Waals surface area contributed by atoms with Crippen molar-refractivity contribution < 1.29 is 0 Å². The van der Waals surface area contributed by atoms with Crippen molar-refractivity contribution >= 4 is 11.8 Å². The summed E-state index contributed by atoms with van der Waals surface area (Å²) in [5.74, 6) is 2.69. The summed E-state index contributed by atoms with van der Waals surface area (Å²) in [5.41, 5.74) is 1.54. The monoisotopic (exact) mass is 212 g/mol. The highest BCUT2D eigenvalue weighted by molar-refractivity contribution is 7.98. The number of nitrogens with one attached hydrogen (secondary N) is 1. The molecule has 3 nitrogen and oxygen atoms in total. The minimum Gasteiger partial charge on any atom is -0.310 e. The van der Waals surface area contributed by atoms with Crippen LogP contribution in [0.4, 0.5) is 0 Å². The molecular weight excluding hydrogens is 196 g/mol. The number of aryl methyl sites for hydroxylation is 1. The topological polar surface area (TPSA) is 45.8 Å². The molecule has 0 saturated carbocycles. The Bertz CT molecular complexity index is 360. The van der Waals surface area contributed by atoms with E-state index < -0.39 is 0 Å². The van der Waals surface area contributed by atoms with Crippen LogP contribution < -0.4 is 5.56 Å². The molecule has 0 aliphatic carbocycles. The third kappa shape index (κ3) is 2.87. The lowest BCUT2D eigenvalue weighted by atomic mass is 10.3. The Hall–Kier alpha value is -0.770. The molecule has 4 heteroatoms. The Morgan fingerprint density at radius 3 is 2.71 bits per heavy atom. The highest BCUT2D eigenvalue weighted by Gasteiger charge is 2.02. The van der Waals surface area contributed by atoms with Gasteiger partial charge in [0.15, 0.2) is 0 Å². The van der Waals surface area contributed by atoms with E-state index in [0.717, 1.165) is 29.4 Å². The maximum Gasteiger partial charge on any atom is 0.254 e. The summed E-state index contributed by atoms with van der Waals surface area (Å²) < 4.78 is 0. The number of rotatable bonds is 4. The largest absolute Gasteiger partial charge is 0.310 e. The molecule has 1 rings (SSSR count). The fourth-order valence-corrected chi connectivity index (χ4v) is 1.85. The highest BCUT2D eigenvalue weighted by Crippen LogP contribution is 2.09. The van der Waals surface area contributed by atoms with Crippen molar-refractivity contribution in [3.8, 4) is 0 Å². The molecule has 0 radical (unpaired) electrons. The molecule has 0 saturated heterocycles. The molecule has 0 fully saturated rings. The summed E-state index contributed by atoms with van der Waals surface area (Å²) in [4.78, 5) is 18.5. The highest BCUT2D eigenvalue weighted by atomic mass is 32.2. The van der Waals surface area contributed by atoms with E-state index in [0.29, 0.717) is 5.56 Å². The molecule has 0 unspecified atom stereocenters. The predicted molar refractivity (Wildman–Crippen MR) is 60.8 cm³/mol. The molecule has 1 N–H and O–H groups in total. The number of aromatic nitrogens is 2. The molecular formula is C10H16N2OS. The third-order valence-corrected chi connectivity index (χ3v) is 3.21. The number of H-pyrrole nitrogens is 1. The zero-order valence-electron chi connectivity index (χ0n) is 8.89. The number of thioether (sulfide) groups is 1. The van der Waals surface area contributed by atoms with Crippen molar-refractivity contribution in [2.45, 2.75) is 32.9 Å². The Kier molecular flexibility index (Phi) is 4.20. The predicted octanol–water partition coefficient (Wildman–Crippen LogP) is 2.03. The van der Waals surface area contributed by atoms with Gasteiger partial charge in [0, 0.05) is 11.3 Å². The van der Waals surface area contributed by atoms with Crippen LogP contribution >= 0.6 is 11.8 Å². The summed E-state index contributed by atoms with van der Waals surface area (Å²) in [6, 6.07) is 0. The van der Waals surface area contributed by atoms with Gasteiger partial charge in [-0.1, -0.05) is 6.92 Å². The van der Waals surface area contributed by atoms with Crippen LogP contribution in [0.1, 0.15) is 30.4 Å². The number of aromatic amines is 1. The molecule has 1 aromatic rings. The van der Waals surface area contributed by atoms with Crippen LogP contribution in [0.15, 0.2) is 4.79 Å². The molecule has 0 bridgehead atoms. The van der Waals surface area contributed by atoms with Crippen LogP contribution in [0.2, 0.25) is 0 Å². The molecule has 0 atom stereocenters. The quantitative estimate of drug-likeness (QED) is 0.777. The molecule has 1 aromatic heterocycles. The van der Waals surface area contributed by atoms with E-state index in [9.17, 15) is 4.79 Å². The second-order valence-corrected chi connectivity index (χ2v) is 4.38. The minimum atomic E-state index is -0.00963. The first-order valence-corrected chi connectivity index (χ1v) is 5.94. The van der Waals surface area contributed by atoms with Crippen molar-refractivity contribution in [1.29, 1.82) is 0 Å². The van der Waals surface area contributed by atoms with Crippen molar-refractivity contribution in [3.63, 3.8) is 0 Å². The molecule has 0 aromatic carbocycles. The van der Waals surface area contributed by atoms with Crippen LogP contribution in [0, 0.1) is 13.8 Å². The van der Waals surface area contributed by atoms with Gasteiger partial charge in [-0.05, 0) is 26.0 Å². The molecule has 14 heavy (non-hydrogen) atoms. The van der Waals surface area contributed by atoms with Gasteiger partial charge >= 0.3 is 0 Å². The number of hydrogen-bond acceptors (Lipinski definition) is 3. The Morgan fingerprint density at radius 2 is 2.14 bits per heavy atom. The average Bonchev–Trinajstić information content (AvgIpc) is 2.14. The second kappa shape index (κ2) is 5.20. The van der Waals surface area contributed by atoms with Crippen LogP contribution in [0.3, 0.4) is 0 Å². The van der Waals surface area contributed by atoms with Crippen LogP contribution in [-0.4, -0.2) is 15.7 Å². The zero-order valence-corrected chi connectivity index (χ0v) is 9.70. The lowest BCUT2D eigenvalue weighted by molar-refractivity contribution is 0.941. The number of hydrogen-bond donors (Lipinski definition) is 1. The second-order valence-electron chi connectivity index (χ2n) is 3.28. The molecule has 1 heterocycles. The maximum absolute atomic E-state index is 11.4. The van der Waals surface area contributed by atoms with E-state index >= 15 is 0 Å². The van der Waals surface area contributed by atoms with Crippen molar-refractivity contribution in [3.05, 3.63) is 27.4 Å². The molecule has 0 aliphatic heterocycles. The van der Waals surface area contributed by atoms with Crippen LogP contribution in [-0.2, 0) is 5.75 Å². The van der Waals surface area contributed by atoms with Gasteiger partial charge in [-0.15, -0.1) is 0 Å². The van der Waals surface area contributed by atoms with Gasteiger partial charge in [-0.2, -0.15) is 11.8 Å². The van der Waals surface area contributed by atoms with Gasteiger partial charge in [0.05, 0.1) is 5.75 Å². The fourth-order valence-electron chi connectivity index (χ4n) is 1.08. The van der Waals surface area contributed by atoms with E-state index in [1.165, 1.54) is 0 Å². The molecule has 0 amide bonds. The summed E-state index contributed by atoms with van der Waals surface area (Å²) in [5, 5.41) is 0. The minimum absolute atomic E-state index is 0.00963. The lowest BCUT2D eigenvalue weighted by Crippen LogP contribution is -2.15. The smallest absolute Gasteiger partial charge is 0.254 e. The Labute approximate surface area is 88.3 Å². The third-order valence-electron chi connectivity index (χ3n) is 2.03. The van der Waals surface area contributed by atoms with E-state index in [-0.39, 0.29) is 5.56 Å². The Balaban J connectivity index is 2.75. The van der Waals surface area contributed by atoms with Crippen molar-refractivity contribution in [1.82, 2.24) is 9.97 Å². The van der Waals surface area contributed by atoms with E-state index in [4.69, 9.17) is 0 Å². The van der Waals surface area contributed by atoms with Crippen molar-refractivity contribution in [2.24, 2.45) is 0 Å². The molecule has 0 spiro atoms. The van der Waals surface area contributed by atoms with Crippen LogP contribution in [0.25, 0.3) is 0 Å². The van der Waals surface area contributed by atoms with Gasteiger partial charge in [0.2, 0.25) is 0 Å². The van der Waals surface area contributed by atoms with E-state index in [2.05, 4.69) is 16.9 Å². The first kappa shape index (κ1) is 11.3. The first-order valence-electron chi connectivity index (χ1n) is 4.79. The normalized spacial score (nSPS) is 10.5. The van der Waals surface area contributed by atoms with Gasteiger partial charge < -0.3 is 4.98 Å². The van der Waals surface area contributed by atoms with Crippen LogP contribution in [0.5, 0.6) is 0 Å². The van der Waals surface area contributed by atoms with Gasteiger partial charge in [-0.25, -0.2) is 4.98 Å². The molecule has 78 valence electrons. The zero-order chi connectivity index (χ0) is 10.6. The Morgan fingerprint density at radius 1 is 1.43 bits per heavy atom. The van der Waals surface area contributed by atoms with Gasteiger partial charge in [-0.3, -0.25) is 4.79 Å². The van der Waals surface area contributed by atoms with E-state index in [1.807, 2.05) is 6.92 Å². The summed E-state index contributed by atoms with van der Waals surface area (Å²) in [6.45, 7) is 5.81. The number of nitrogens with zero attached hydrogens (tertiary/aromatic N) is 1. The van der Waals surface area contributed by atoms with Gasteiger partial charge in [0.25, 0.3) is 5.56 Å². The maximum atomic E-state index is 11.4. The summed E-state index contributed by atoms with van der Waals surface area (Å²) in [6.07, 6.45) is 1.15. The van der Waals surface area contributed by atoms with Crippen molar-refractivity contribution in [2.75, 3.05) is 5.75 Å². The molecule has 0 aliphatic rings. The fraction of sp³-hybridized carbons (Fsp3) is 0.600. The lowest BCUT2D eigenvalue weighted by Gasteiger charge is -2.03. The van der Waals surface area contributed by atoms with E-state index in [1.54, 1.807) is 18.7 Å². The van der Waals surface area contributed by atoms with Gasteiger partial charge in [0.1, 0.15) is 5.82 Å².